The lowest BCUT2D eigenvalue weighted by molar-refractivity contribution is -0.117. The number of hydrogen-bond donors (Lipinski definition) is 1. The average molecular weight is 341 g/mol. The Morgan fingerprint density at radius 2 is 2.22 bits per heavy atom. The van der Waals surface area contributed by atoms with Gasteiger partial charge < -0.3 is 14.6 Å². The third-order valence-corrected chi connectivity index (χ3v) is 4.24. The van der Waals surface area contributed by atoms with Crippen LogP contribution in [0.1, 0.15) is 32.3 Å². The number of carbonyl (C=O) groups is 1. The lowest BCUT2D eigenvalue weighted by Crippen LogP contribution is -2.23. The zero-order valence-corrected chi connectivity index (χ0v) is 14.3. The van der Waals surface area contributed by atoms with Gasteiger partial charge in [0.05, 0.1) is 12.1 Å². The number of benzene rings is 1. The monoisotopic (exact) mass is 340 g/mol. The Labute approximate surface area is 140 Å². The van der Waals surface area contributed by atoms with Crippen LogP contribution in [-0.2, 0) is 11.2 Å². The molecule has 0 aliphatic carbocycles. The number of unbranched alkanes of at least 4 members (excludes halogenated alkanes) is 1. The number of nitrogens with one attached hydrogen (secondary N) is 1. The van der Waals surface area contributed by atoms with Gasteiger partial charge in [-0.15, -0.1) is 0 Å². The Bertz CT molecular complexity index is 672. The number of halogens is 2. The normalized spacial score (nSPS) is 11.0. The first-order chi connectivity index (χ1) is 11.1. The van der Waals surface area contributed by atoms with Gasteiger partial charge in [0.25, 0.3) is 0 Å². The highest BCUT2D eigenvalue weighted by molar-refractivity contribution is 6.35. The second-order valence-corrected chi connectivity index (χ2v) is 5.80. The molecule has 0 radical (unpaired) electrons. The Morgan fingerprint density at radius 3 is 2.87 bits per heavy atom. The standard InChI is InChI=1S/C17H22ClFN2O2/c1-3-5-8-23-14-9-13-12(6-7-21(4-2)11-22)10-20-17(13)15(18)16(14)19/h9-11,20H,3-8H2,1-2H3. The van der Waals surface area contributed by atoms with Crippen molar-refractivity contribution in [3.63, 3.8) is 0 Å². The van der Waals surface area contributed by atoms with E-state index in [-0.39, 0.29) is 10.8 Å². The highest BCUT2D eigenvalue weighted by atomic mass is 35.5. The van der Waals surface area contributed by atoms with E-state index in [0.29, 0.717) is 31.6 Å². The fourth-order valence-electron chi connectivity index (χ4n) is 2.42. The molecule has 0 atom stereocenters. The highest BCUT2D eigenvalue weighted by Crippen LogP contribution is 2.34. The maximum atomic E-state index is 14.3. The summed E-state index contributed by atoms with van der Waals surface area (Å²) in [4.78, 5) is 15.6. The molecule has 0 bridgehead atoms. The van der Waals surface area contributed by atoms with E-state index in [1.807, 2.05) is 20.0 Å². The van der Waals surface area contributed by atoms with Crippen molar-refractivity contribution in [2.45, 2.75) is 33.1 Å². The van der Waals surface area contributed by atoms with Crippen LogP contribution in [0, 0.1) is 5.82 Å². The van der Waals surface area contributed by atoms with Crippen LogP contribution in [0.15, 0.2) is 12.3 Å². The van der Waals surface area contributed by atoms with Crippen molar-refractivity contribution in [3.8, 4) is 5.75 Å². The molecule has 0 saturated heterocycles. The van der Waals surface area contributed by atoms with Gasteiger partial charge in [-0.3, -0.25) is 4.79 Å². The predicted molar refractivity (Wildman–Crippen MR) is 90.7 cm³/mol. The number of aromatic nitrogens is 1. The molecule has 126 valence electrons. The second-order valence-electron chi connectivity index (χ2n) is 5.43. The summed E-state index contributed by atoms with van der Waals surface area (Å²) >= 11 is 6.12. The third-order valence-electron chi connectivity index (χ3n) is 3.89. The van der Waals surface area contributed by atoms with Crippen molar-refractivity contribution in [1.82, 2.24) is 9.88 Å². The number of ether oxygens (including phenoxy) is 1. The number of likely N-dealkylation sites (N-methyl/N-ethyl adjacent to an activating group) is 1. The van der Waals surface area contributed by atoms with Crippen LogP contribution >= 0.6 is 11.6 Å². The summed E-state index contributed by atoms with van der Waals surface area (Å²) in [6.07, 6.45) is 5.15. The molecule has 2 rings (SSSR count). The molecular weight excluding hydrogens is 319 g/mol. The lowest BCUT2D eigenvalue weighted by Gasteiger charge is -2.14. The number of carbonyl (C=O) groups excluding carboxylic acids is 1. The average Bonchev–Trinajstić information content (AvgIpc) is 2.96. The number of hydrogen-bond acceptors (Lipinski definition) is 2. The molecule has 6 heteroatoms. The fourth-order valence-corrected chi connectivity index (χ4v) is 2.67. The van der Waals surface area contributed by atoms with Gasteiger partial charge in [-0.25, -0.2) is 4.39 Å². The zero-order valence-electron chi connectivity index (χ0n) is 13.5. The van der Waals surface area contributed by atoms with Crippen LogP contribution in [-0.4, -0.2) is 36.0 Å². The number of H-pyrrole nitrogens is 1. The largest absolute Gasteiger partial charge is 0.490 e. The maximum Gasteiger partial charge on any atom is 0.209 e. The van der Waals surface area contributed by atoms with E-state index in [2.05, 4.69) is 4.98 Å². The number of fused-ring (bicyclic) bond motifs is 1. The number of nitrogens with zero attached hydrogens (tertiary/aromatic N) is 1. The Morgan fingerprint density at radius 1 is 1.43 bits per heavy atom. The topological polar surface area (TPSA) is 45.3 Å². The smallest absolute Gasteiger partial charge is 0.209 e. The molecule has 0 unspecified atom stereocenters. The van der Waals surface area contributed by atoms with Crippen LogP contribution in [0.25, 0.3) is 10.9 Å². The lowest BCUT2D eigenvalue weighted by atomic mass is 10.1. The van der Waals surface area contributed by atoms with E-state index in [0.717, 1.165) is 30.2 Å². The van der Waals surface area contributed by atoms with E-state index >= 15 is 0 Å². The van der Waals surface area contributed by atoms with Crippen molar-refractivity contribution < 1.29 is 13.9 Å². The number of aromatic amines is 1. The Kier molecular flexibility index (Phi) is 6.28. The number of rotatable bonds is 9. The minimum Gasteiger partial charge on any atom is -0.490 e. The molecule has 0 aliphatic rings. The van der Waals surface area contributed by atoms with Gasteiger partial charge in [-0.05, 0) is 31.4 Å². The van der Waals surface area contributed by atoms with Gasteiger partial charge in [-0.2, -0.15) is 0 Å². The fraction of sp³-hybridized carbons (Fsp3) is 0.471. The Balaban J connectivity index is 2.27. The first-order valence-electron chi connectivity index (χ1n) is 7.92. The molecule has 4 nitrogen and oxygen atoms in total. The highest BCUT2D eigenvalue weighted by Gasteiger charge is 2.17. The van der Waals surface area contributed by atoms with Crippen LogP contribution < -0.4 is 4.74 Å². The molecule has 1 aromatic heterocycles. The first kappa shape index (κ1) is 17.6. The van der Waals surface area contributed by atoms with Crippen LogP contribution in [0.5, 0.6) is 5.75 Å². The zero-order chi connectivity index (χ0) is 16.8. The van der Waals surface area contributed by atoms with E-state index in [9.17, 15) is 9.18 Å². The van der Waals surface area contributed by atoms with Gasteiger partial charge in [0, 0.05) is 24.7 Å². The van der Waals surface area contributed by atoms with Crippen molar-refractivity contribution in [1.29, 1.82) is 0 Å². The maximum absolute atomic E-state index is 14.3. The van der Waals surface area contributed by atoms with Gasteiger partial charge in [0.1, 0.15) is 5.02 Å². The number of amides is 1. The molecule has 1 amide bonds. The molecule has 0 spiro atoms. The molecule has 1 N–H and O–H groups in total. The summed E-state index contributed by atoms with van der Waals surface area (Å²) in [5.74, 6) is -0.355. The van der Waals surface area contributed by atoms with Crippen LogP contribution in [0.4, 0.5) is 4.39 Å². The third kappa shape index (κ3) is 3.96. The predicted octanol–water partition coefficient (Wildman–Crippen LogP) is 4.16. The molecule has 1 heterocycles. The van der Waals surface area contributed by atoms with Crippen LogP contribution in [0.2, 0.25) is 5.02 Å². The molecule has 0 saturated carbocycles. The van der Waals surface area contributed by atoms with E-state index in [4.69, 9.17) is 16.3 Å². The minimum atomic E-state index is -0.535. The minimum absolute atomic E-state index is 0.0444. The summed E-state index contributed by atoms with van der Waals surface area (Å²) in [7, 11) is 0. The molecule has 0 fully saturated rings. The van der Waals surface area contributed by atoms with Crippen molar-refractivity contribution >= 4 is 28.9 Å². The van der Waals surface area contributed by atoms with E-state index in [1.54, 1.807) is 11.0 Å². The van der Waals surface area contributed by atoms with Crippen molar-refractivity contribution in [2.75, 3.05) is 19.7 Å². The summed E-state index contributed by atoms with van der Waals surface area (Å²) in [5.41, 5.74) is 1.55. The Hall–Kier alpha value is -1.75. The van der Waals surface area contributed by atoms with Gasteiger partial charge in [0.2, 0.25) is 6.41 Å². The SMILES string of the molecule is CCCCOc1cc2c(CCN(C=O)CC)c[nH]c2c(Cl)c1F. The van der Waals surface area contributed by atoms with Gasteiger partial charge >= 0.3 is 0 Å². The van der Waals surface area contributed by atoms with Crippen molar-refractivity contribution in [2.24, 2.45) is 0 Å². The van der Waals surface area contributed by atoms with Crippen LogP contribution in [0.3, 0.4) is 0 Å². The summed E-state index contributed by atoms with van der Waals surface area (Å²) in [6, 6.07) is 1.69. The molecule has 0 aliphatic heterocycles. The summed E-state index contributed by atoms with van der Waals surface area (Å²) in [5, 5.41) is 0.882. The molecule has 2 aromatic rings. The quantitative estimate of drug-likeness (QED) is 0.550. The summed E-state index contributed by atoms with van der Waals surface area (Å²) < 4.78 is 19.8. The molecule has 1 aromatic carbocycles. The van der Waals surface area contributed by atoms with E-state index in [1.165, 1.54) is 0 Å². The molecular formula is C17H22ClFN2O2. The van der Waals surface area contributed by atoms with Crippen molar-refractivity contribution in [3.05, 3.63) is 28.7 Å². The molecule has 23 heavy (non-hydrogen) atoms. The van der Waals surface area contributed by atoms with Gasteiger partial charge in [-0.1, -0.05) is 24.9 Å². The first-order valence-corrected chi connectivity index (χ1v) is 8.30. The van der Waals surface area contributed by atoms with Gasteiger partial charge in [0.15, 0.2) is 11.6 Å². The summed E-state index contributed by atoms with van der Waals surface area (Å²) in [6.45, 7) is 5.70. The second kappa shape index (κ2) is 8.20. The van der Waals surface area contributed by atoms with E-state index < -0.39 is 5.82 Å².